The molecular weight excluding hydrogens is 296 g/mol. The van der Waals surface area contributed by atoms with Gasteiger partial charge in [-0.2, -0.15) is 0 Å². The maximum atomic E-state index is 12.6. The van der Waals surface area contributed by atoms with Crippen molar-refractivity contribution in [2.24, 2.45) is 0 Å². The number of furan rings is 1. The van der Waals surface area contributed by atoms with Gasteiger partial charge in [-0.3, -0.25) is 9.59 Å². The van der Waals surface area contributed by atoms with Gasteiger partial charge in [0.1, 0.15) is 17.6 Å². The fraction of sp³-hybridized carbons (Fsp3) is 0.294. The third-order valence-corrected chi connectivity index (χ3v) is 3.70. The van der Waals surface area contributed by atoms with Crippen molar-refractivity contribution in [1.29, 1.82) is 0 Å². The number of hydrogen-bond donors (Lipinski definition) is 3. The van der Waals surface area contributed by atoms with E-state index in [-0.39, 0.29) is 0 Å². The van der Waals surface area contributed by atoms with E-state index >= 15 is 0 Å². The standard InChI is InChI=1S/C17H20N2O4/c1-10-11(2)23-15(12-7-5-4-6-8-12)14(10)17(22)19-13(9-20)16(21)18-3/h4-8,13,20H,9H2,1-3H3,(H,18,21)(H,19,22). The Balaban J connectivity index is 2.39. The van der Waals surface area contributed by atoms with Crippen LogP contribution in [0, 0.1) is 13.8 Å². The Morgan fingerprint density at radius 2 is 1.87 bits per heavy atom. The monoisotopic (exact) mass is 316 g/mol. The summed E-state index contributed by atoms with van der Waals surface area (Å²) < 4.78 is 5.73. The Morgan fingerprint density at radius 3 is 2.43 bits per heavy atom. The highest BCUT2D eigenvalue weighted by molar-refractivity contribution is 6.03. The molecule has 2 rings (SSSR count). The van der Waals surface area contributed by atoms with Crippen molar-refractivity contribution in [2.45, 2.75) is 19.9 Å². The molecule has 2 aromatic rings. The van der Waals surface area contributed by atoms with Gasteiger partial charge in [0.25, 0.3) is 5.91 Å². The van der Waals surface area contributed by atoms with Crippen LogP contribution < -0.4 is 10.6 Å². The molecule has 1 unspecified atom stereocenters. The highest BCUT2D eigenvalue weighted by Crippen LogP contribution is 2.30. The van der Waals surface area contributed by atoms with Crippen LogP contribution in [0.4, 0.5) is 0 Å². The van der Waals surface area contributed by atoms with Gasteiger partial charge in [0.15, 0.2) is 0 Å². The van der Waals surface area contributed by atoms with Crippen molar-refractivity contribution in [1.82, 2.24) is 10.6 Å². The molecule has 0 bridgehead atoms. The summed E-state index contributed by atoms with van der Waals surface area (Å²) in [5, 5.41) is 14.2. The molecule has 122 valence electrons. The smallest absolute Gasteiger partial charge is 0.256 e. The lowest BCUT2D eigenvalue weighted by molar-refractivity contribution is -0.123. The Morgan fingerprint density at radius 1 is 1.22 bits per heavy atom. The Labute approximate surface area is 134 Å². The molecule has 1 atom stereocenters. The van der Waals surface area contributed by atoms with Gasteiger partial charge >= 0.3 is 0 Å². The molecule has 1 aromatic heterocycles. The maximum absolute atomic E-state index is 12.6. The minimum Gasteiger partial charge on any atom is -0.460 e. The number of aliphatic hydroxyl groups is 1. The lowest BCUT2D eigenvalue weighted by Crippen LogP contribution is -2.48. The molecule has 0 aliphatic rings. The molecule has 1 aromatic carbocycles. The van der Waals surface area contributed by atoms with Gasteiger partial charge < -0.3 is 20.2 Å². The fourth-order valence-corrected chi connectivity index (χ4v) is 2.29. The highest BCUT2D eigenvalue weighted by Gasteiger charge is 2.26. The molecule has 0 saturated carbocycles. The number of carbonyl (C=O) groups excluding carboxylic acids is 2. The first-order valence-electron chi connectivity index (χ1n) is 7.28. The van der Waals surface area contributed by atoms with Crippen molar-refractivity contribution >= 4 is 11.8 Å². The van der Waals surface area contributed by atoms with Crippen LogP contribution in [0.25, 0.3) is 11.3 Å². The number of likely N-dealkylation sites (N-methyl/N-ethyl adjacent to an activating group) is 1. The summed E-state index contributed by atoms with van der Waals surface area (Å²) in [5.74, 6) is 0.169. The van der Waals surface area contributed by atoms with Crippen LogP contribution in [-0.4, -0.2) is 36.6 Å². The molecule has 6 nitrogen and oxygen atoms in total. The second kappa shape index (κ2) is 7.11. The second-order valence-electron chi connectivity index (χ2n) is 5.18. The zero-order valence-electron chi connectivity index (χ0n) is 13.3. The minimum atomic E-state index is -1.01. The van der Waals surface area contributed by atoms with Gasteiger partial charge in [-0.05, 0) is 13.8 Å². The van der Waals surface area contributed by atoms with Gasteiger partial charge in [0, 0.05) is 18.2 Å². The number of aryl methyl sites for hydroxylation is 1. The van der Waals surface area contributed by atoms with E-state index in [1.165, 1.54) is 7.05 Å². The molecule has 6 heteroatoms. The van der Waals surface area contributed by atoms with Crippen LogP contribution in [0.3, 0.4) is 0 Å². The molecule has 1 heterocycles. The van der Waals surface area contributed by atoms with Crippen LogP contribution in [0.5, 0.6) is 0 Å². The number of carbonyl (C=O) groups is 2. The summed E-state index contributed by atoms with van der Waals surface area (Å²) in [6, 6.07) is 8.26. The molecule has 0 fully saturated rings. The first-order chi connectivity index (χ1) is 11.0. The number of hydrogen-bond acceptors (Lipinski definition) is 4. The topological polar surface area (TPSA) is 91.6 Å². The summed E-state index contributed by atoms with van der Waals surface area (Å²) in [5.41, 5.74) is 1.85. The van der Waals surface area contributed by atoms with Crippen LogP contribution in [0.1, 0.15) is 21.7 Å². The number of nitrogens with one attached hydrogen (secondary N) is 2. The van der Waals surface area contributed by atoms with E-state index in [0.29, 0.717) is 22.6 Å². The molecule has 23 heavy (non-hydrogen) atoms. The first-order valence-corrected chi connectivity index (χ1v) is 7.28. The number of benzene rings is 1. The van der Waals surface area contributed by atoms with E-state index in [2.05, 4.69) is 10.6 Å². The molecule has 3 N–H and O–H groups in total. The third kappa shape index (κ3) is 3.43. The van der Waals surface area contributed by atoms with E-state index in [4.69, 9.17) is 4.42 Å². The molecule has 0 radical (unpaired) electrons. The molecule has 0 aliphatic heterocycles. The average Bonchev–Trinajstić information content (AvgIpc) is 2.88. The van der Waals surface area contributed by atoms with Crippen molar-refractivity contribution < 1.29 is 19.1 Å². The molecule has 0 spiro atoms. The number of aliphatic hydroxyl groups excluding tert-OH is 1. The maximum Gasteiger partial charge on any atom is 0.256 e. The predicted molar refractivity (Wildman–Crippen MR) is 86.0 cm³/mol. The summed E-state index contributed by atoms with van der Waals surface area (Å²) in [6.45, 7) is 3.08. The van der Waals surface area contributed by atoms with Crippen molar-refractivity contribution in [3.8, 4) is 11.3 Å². The van der Waals surface area contributed by atoms with Crippen LogP contribution in [0.2, 0.25) is 0 Å². The van der Waals surface area contributed by atoms with Crippen LogP contribution in [0.15, 0.2) is 34.7 Å². The van der Waals surface area contributed by atoms with Crippen molar-refractivity contribution in [2.75, 3.05) is 13.7 Å². The zero-order chi connectivity index (χ0) is 17.0. The fourth-order valence-electron chi connectivity index (χ4n) is 2.29. The van der Waals surface area contributed by atoms with Gasteiger partial charge in [-0.1, -0.05) is 30.3 Å². The first kappa shape index (κ1) is 16.8. The summed E-state index contributed by atoms with van der Waals surface area (Å²) in [7, 11) is 1.44. The van der Waals surface area contributed by atoms with E-state index in [1.54, 1.807) is 13.8 Å². The highest BCUT2D eigenvalue weighted by atomic mass is 16.3. The normalized spacial score (nSPS) is 11.8. The van der Waals surface area contributed by atoms with Gasteiger partial charge in [0.2, 0.25) is 5.91 Å². The van der Waals surface area contributed by atoms with Crippen LogP contribution >= 0.6 is 0 Å². The number of rotatable bonds is 5. The quantitative estimate of drug-likeness (QED) is 0.777. The lowest BCUT2D eigenvalue weighted by Gasteiger charge is -2.15. The third-order valence-electron chi connectivity index (χ3n) is 3.70. The second-order valence-corrected chi connectivity index (χ2v) is 5.18. The summed E-state index contributed by atoms with van der Waals surface area (Å²) >= 11 is 0. The minimum absolute atomic E-state index is 0.371. The molecule has 0 aliphatic carbocycles. The summed E-state index contributed by atoms with van der Waals surface area (Å²) in [4.78, 5) is 24.2. The van der Waals surface area contributed by atoms with Gasteiger partial charge in [-0.15, -0.1) is 0 Å². The van der Waals surface area contributed by atoms with E-state index in [9.17, 15) is 14.7 Å². The van der Waals surface area contributed by atoms with E-state index in [1.807, 2.05) is 30.3 Å². The number of amides is 2. The molecule has 0 saturated heterocycles. The van der Waals surface area contributed by atoms with Crippen LogP contribution in [-0.2, 0) is 4.79 Å². The SMILES string of the molecule is CNC(=O)C(CO)NC(=O)c1c(-c2ccccc2)oc(C)c1C. The lowest BCUT2D eigenvalue weighted by atomic mass is 10.0. The Kier molecular flexibility index (Phi) is 5.18. The average molecular weight is 316 g/mol. The Bertz CT molecular complexity index is 707. The largest absolute Gasteiger partial charge is 0.460 e. The predicted octanol–water partition coefficient (Wildman–Crippen LogP) is 1.40. The van der Waals surface area contributed by atoms with Crippen molar-refractivity contribution in [3.05, 3.63) is 47.2 Å². The van der Waals surface area contributed by atoms with Gasteiger partial charge in [-0.25, -0.2) is 0 Å². The van der Waals surface area contributed by atoms with Crippen molar-refractivity contribution in [3.63, 3.8) is 0 Å². The molecular formula is C17H20N2O4. The van der Waals surface area contributed by atoms with Gasteiger partial charge in [0.05, 0.1) is 12.2 Å². The van der Waals surface area contributed by atoms with E-state index < -0.39 is 24.5 Å². The summed E-state index contributed by atoms with van der Waals surface area (Å²) in [6.07, 6.45) is 0. The molecule has 2 amide bonds. The zero-order valence-corrected chi connectivity index (χ0v) is 13.3. The Hall–Kier alpha value is -2.60. The van der Waals surface area contributed by atoms with E-state index in [0.717, 1.165) is 5.56 Å².